The van der Waals surface area contributed by atoms with Crippen molar-refractivity contribution in [3.63, 3.8) is 0 Å². The molecule has 16 atom stereocenters. The summed E-state index contributed by atoms with van der Waals surface area (Å²) in [5.74, 6) is -3.39. The molecule has 3 aliphatic heterocycles. The minimum Gasteiger partial charge on any atom is -0.462 e. The number of hydrogen-bond acceptors (Lipinski definition) is 16. The van der Waals surface area contributed by atoms with Gasteiger partial charge in [0.15, 0.2) is 24.5 Å². The number of nitrogens with zero attached hydrogens (tertiary/aromatic N) is 1. The van der Waals surface area contributed by atoms with Gasteiger partial charge in [-0.2, -0.15) is 0 Å². The molecule has 0 radical (unpaired) electrons. The number of aliphatic hydroxyl groups excluding tert-OH is 1. The molecule has 2 N–H and O–H groups in total. The van der Waals surface area contributed by atoms with E-state index in [2.05, 4.69) is 15.9 Å². The van der Waals surface area contributed by atoms with Crippen LogP contribution in [-0.2, 0) is 61.9 Å². The van der Waals surface area contributed by atoms with Crippen LogP contribution in [0, 0.1) is 17.8 Å². The number of halogens is 1. The van der Waals surface area contributed by atoms with Crippen molar-refractivity contribution in [3.05, 3.63) is 24.3 Å². The molecule has 17 heteroatoms. The second-order valence-corrected chi connectivity index (χ2v) is 17.8. The van der Waals surface area contributed by atoms with Gasteiger partial charge in [-0.05, 0) is 66.1 Å². The van der Waals surface area contributed by atoms with Gasteiger partial charge in [-0.1, -0.05) is 54.9 Å². The Labute approximate surface area is 356 Å². The van der Waals surface area contributed by atoms with Crippen molar-refractivity contribution in [2.75, 3.05) is 21.2 Å². The number of allylic oxidation sites excluding steroid dienone is 3. The normalized spacial score (nSPS) is 40.2. The smallest absolute Gasteiger partial charge is 0.309 e. The number of aldehydes is 1. The molecular formula is C42H66BrNO15. The Bertz CT molecular complexity index is 1470. The largest absolute Gasteiger partial charge is 0.462 e. The number of likely N-dealkylation sites (N-methyl/N-ethyl adjacent to an activating group) is 1. The highest BCUT2D eigenvalue weighted by Crippen LogP contribution is 2.40. The van der Waals surface area contributed by atoms with Crippen LogP contribution >= 0.6 is 15.9 Å². The van der Waals surface area contributed by atoms with Crippen LogP contribution in [-0.4, -0.2) is 150 Å². The summed E-state index contributed by atoms with van der Waals surface area (Å²) in [5, 5.41) is 23.8. The lowest BCUT2D eigenvalue weighted by Crippen LogP contribution is -2.68. The maximum Gasteiger partial charge on any atom is 0.309 e. The zero-order valence-corrected chi connectivity index (χ0v) is 37.8. The van der Waals surface area contributed by atoms with Crippen molar-refractivity contribution >= 4 is 45.9 Å². The first-order valence-electron chi connectivity index (χ1n) is 20.3. The number of cyclic esters (lactones) is 1. The molecule has 0 aromatic carbocycles. The van der Waals surface area contributed by atoms with E-state index in [0.717, 1.165) is 0 Å². The number of carbonyl (C=O) groups excluding carboxylic acids is 5. The molecule has 0 aromatic rings. The fraction of sp³-hybridized carbons (Fsp3) is 0.786. The number of rotatable bonds is 12. The fourth-order valence-electron chi connectivity index (χ4n) is 7.91. The molecule has 6 unspecified atom stereocenters. The number of ether oxygens (including phenoxy) is 8. The van der Waals surface area contributed by atoms with Crippen LogP contribution in [0.3, 0.4) is 0 Å². The van der Waals surface area contributed by atoms with Crippen molar-refractivity contribution in [3.8, 4) is 0 Å². The van der Waals surface area contributed by atoms with Gasteiger partial charge in [0.1, 0.15) is 42.4 Å². The van der Waals surface area contributed by atoms with E-state index in [4.69, 9.17) is 37.9 Å². The number of aliphatic hydroxyl groups is 2. The molecule has 0 saturated carbocycles. The van der Waals surface area contributed by atoms with Crippen LogP contribution < -0.4 is 0 Å². The Morgan fingerprint density at radius 2 is 1.66 bits per heavy atom. The first-order chi connectivity index (χ1) is 27.6. The molecule has 16 nitrogen and oxygen atoms in total. The summed E-state index contributed by atoms with van der Waals surface area (Å²) in [6.07, 6.45) is -4.42. The molecule has 3 heterocycles. The van der Waals surface area contributed by atoms with E-state index in [1.807, 2.05) is 13.8 Å². The summed E-state index contributed by atoms with van der Waals surface area (Å²) >= 11 is 3.53. The molecular weight excluding hydrogens is 838 g/mol. The second kappa shape index (κ2) is 23.0. The highest BCUT2D eigenvalue weighted by atomic mass is 79.9. The molecule has 0 amide bonds. The minimum absolute atomic E-state index is 0.0502. The van der Waals surface area contributed by atoms with Gasteiger partial charge in [0.05, 0.1) is 35.6 Å². The number of alkyl halides is 1. The quantitative estimate of drug-likeness (QED) is 0.124. The monoisotopic (exact) mass is 903 g/mol. The summed E-state index contributed by atoms with van der Waals surface area (Å²) in [6.45, 7) is 13.3. The average Bonchev–Trinajstić information content (AvgIpc) is 3.12. The Hall–Kier alpha value is -2.61. The predicted molar refractivity (Wildman–Crippen MR) is 217 cm³/mol. The van der Waals surface area contributed by atoms with Gasteiger partial charge in [-0.15, -0.1) is 0 Å². The number of methoxy groups -OCH3 is 1. The topological polar surface area (TPSA) is 203 Å². The Kier molecular flexibility index (Phi) is 19.8. The van der Waals surface area contributed by atoms with E-state index in [1.54, 1.807) is 64.9 Å². The number of carbonyl (C=O) groups is 5. The Morgan fingerprint density at radius 1 is 1.02 bits per heavy atom. The maximum atomic E-state index is 13.3. The van der Waals surface area contributed by atoms with Gasteiger partial charge in [0.25, 0.3) is 0 Å². The van der Waals surface area contributed by atoms with E-state index < -0.39 is 120 Å². The van der Waals surface area contributed by atoms with Crippen molar-refractivity contribution in [1.29, 1.82) is 0 Å². The van der Waals surface area contributed by atoms with E-state index in [0.29, 0.717) is 12.7 Å². The van der Waals surface area contributed by atoms with E-state index in [-0.39, 0.29) is 31.0 Å². The van der Waals surface area contributed by atoms with Crippen molar-refractivity contribution in [2.24, 2.45) is 17.8 Å². The molecule has 2 fully saturated rings. The zero-order valence-electron chi connectivity index (χ0n) is 36.2. The van der Waals surface area contributed by atoms with Gasteiger partial charge in [-0.25, -0.2) is 0 Å². The third-order valence-electron chi connectivity index (χ3n) is 10.9. The molecule has 0 aromatic heterocycles. The standard InChI is InChI=1S/C42H66BrNO15/c1-22(2)19-31(48)57-39-26(6)55-41(38(43)42(39,8)51)58-35-25(5)54-40(34(50)33(35)44(9)10)59-36-28(17-18-45)20-23(3)29(47)16-14-12-13-15-24(4)53-32(49)21-30(37(36)52-11)56-27(7)46/h12-14,16,18,22-26,28,30,33-41,50-51H,15,17,19-21H2,1-11H3/b13-12-,16-14+/t23?,24?,25-,26+,28?,30?,33-,34-,35-,36?,37?,38+,39+,40+,41+,42-/m1/s1. The lowest BCUT2D eigenvalue weighted by Gasteiger charge is -2.51. The van der Waals surface area contributed by atoms with E-state index in [1.165, 1.54) is 27.0 Å². The molecule has 0 aliphatic carbocycles. The fourth-order valence-corrected chi connectivity index (χ4v) is 8.42. The first kappa shape index (κ1) is 50.7. The molecule has 336 valence electrons. The second-order valence-electron chi connectivity index (χ2n) is 16.8. The van der Waals surface area contributed by atoms with E-state index in [9.17, 15) is 34.2 Å². The number of hydrogen-bond donors (Lipinski definition) is 2. The average molecular weight is 905 g/mol. The molecule has 59 heavy (non-hydrogen) atoms. The van der Waals surface area contributed by atoms with Crippen LogP contribution in [0.5, 0.6) is 0 Å². The van der Waals surface area contributed by atoms with Gasteiger partial charge in [-0.3, -0.25) is 19.2 Å². The predicted octanol–water partition coefficient (Wildman–Crippen LogP) is 3.60. The van der Waals surface area contributed by atoms with Crippen LogP contribution in [0.1, 0.15) is 87.5 Å². The SMILES string of the molecule is COC1C(OC(C)=O)CC(=O)OC(C)C/C=C\C=C\C(=O)C(C)CC(CC=O)C1O[C@@H]1O[C@H](C)[C@@H](O[C@@H]2O[C@@H](C)[C@H](OC(=O)CC(C)C)[C@](C)(O)[C@H]2Br)[C@H](N(C)C)[C@H]1O. The zero-order chi connectivity index (χ0) is 44.4. The van der Waals surface area contributed by atoms with Crippen molar-refractivity contribution in [1.82, 2.24) is 4.90 Å². The van der Waals surface area contributed by atoms with Crippen LogP contribution in [0.4, 0.5) is 0 Å². The number of ketones is 1. The molecule has 0 spiro atoms. The van der Waals surface area contributed by atoms with Gasteiger partial charge in [0, 0.05) is 39.2 Å². The van der Waals surface area contributed by atoms with Crippen LogP contribution in [0.25, 0.3) is 0 Å². The lowest BCUT2D eigenvalue weighted by molar-refractivity contribution is -0.342. The third-order valence-corrected chi connectivity index (χ3v) is 12.3. The summed E-state index contributed by atoms with van der Waals surface area (Å²) in [6, 6.07) is -0.829. The number of esters is 3. The molecule has 3 aliphatic rings. The minimum atomic E-state index is -1.63. The van der Waals surface area contributed by atoms with Crippen molar-refractivity contribution in [2.45, 2.75) is 171 Å². The summed E-state index contributed by atoms with van der Waals surface area (Å²) < 4.78 is 48.6. The van der Waals surface area contributed by atoms with Crippen LogP contribution in [0.15, 0.2) is 24.3 Å². The summed E-state index contributed by atoms with van der Waals surface area (Å²) in [7, 11) is 4.80. The van der Waals surface area contributed by atoms with Crippen molar-refractivity contribution < 1.29 is 72.1 Å². The Morgan fingerprint density at radius 3 is 2.25 bits per heavy atom. The van der Waals surface area contributed by atoms with Crippen LogP contribution in [0.2, 0.25) is 0 Å². The highest BCUT2D eigenvalue weighted by Gasteiger charge is 2.56. The third kappa shape index (κ3) is 13.9. The summed E-state index contributed by atoms with van der Waals surface area (Å²) in [4.78, 5) is 64.7. The molecule has 0 bridgehead atoms. The van der Waals surface area contributed by atoms with E-state index >= 15 is 0 Å². The maximum absolute atomic E-state index is 13.3. The lowest BCUT2D eigenvalue weighted by atomic mass is 9.83. The highest BCUT2D eigenvalue weighted by molar-refractivity contribution is 9.09. The van der Waals surface area contributed by atoms with Gasteiger partial charge >= 0.3 is 17.9 Å². The molecule has 3 rings (SSSR count). The summed E-state index contributed by atoms with van der Waals surface area (Å²) in [5.41, 5.74) is -1.63. The van der Waals surface area contributed by atoms with Gasteiger partial charge in [0.2, 0.25) is 0 Å². The molecule has 2 saturated heterocycles. The van der Waals surface area contributed by atoms with Gasteiger partial charge < -0.3 is 57.8 Å². The first-order valence-corrected chi connectivity index (χ1v) is 21.3. The Balaban J connectivity index is 2.01.